The van der Waals surface area contributed by atoms with Crippen molar-refractivity contribution in [1.29, 1.82) is 0 Å². The van der Waals surface area contributed by atoms with Crippen LogP contribution in [0.15, 0.2) is 76.9 Å². The van der Waals surface area contributed by atoms with E-state index >= 15 is 0 Å². The van der Waals surface area contributed by atoms with Gasteiger partial charge in [0, 0.05) is 35.3 Å². The van der Waals surface area contributed by atoms with Crippen molar-refractivity contribution < 1.29 is 27.2 Å². The number of rotatable bonds is 5. The van der Waals surface area contributed by atoms with Crippen molar-refractivity contribution in [1.82, 2.24) is 10.2 Å². The molecule has 2 atom stereocenters. The molecule has 0 saturated carbocycles. The van der Waals surface area contributed by atoms with Gasteiger partial charge in [-0.1, -0.05) is 48.0 Å². The quantitative estimate of drug-likeness (QED) is 0.379. The van der Waals surface area contributed by atoms with Gasteiger partial charge in [0.15, 0.2) is 0 Å². The minimum absolute atomic E-state index is 0.0220. The molecule has 3 aromatic rings. The van der Waals surface area contributed by atoms with Crippen LogP contribution in [0.1, 0.15) is 49.5 Å². The summed E-state index contributed by atoms with van der Waals surface area (Å²) in [4.78, 5) is 31.7. The van der Waals surface area contributed by atoms with Gasteiger partial charge < -0.3 is 5.32 Å². The number of amidine groups is 1. The minimum atomic E-state index is -1.30. The summed E-state index contributed by atoms with van der Waals surface area (Å²) >= 11 is 6.32. The summed E-state index contributed by atoms with van der Waals surface area (Å²) in [6.07, 6.45) is 0. The largest absolute Gasteiger partial charge is 0.346 e. The average molecular weight is 544 g/mol. The summed E-state index contributed by atoms with van der Waals surface area (Å²) in [5.41, 5.74) is 0.182. The minimum Gasteiger partial charge on any atom is -0.346 e. The summed E-state index contributed by atoms with van der Waals surface area (Å²) in [6.45, 7) is 4.31. The molecule has 0 spiro atoms. The molecular formula is C28H22ClF4N3O2. The average Bonchev–Trinajstić information content (AvgIpc) is 2.83. The zero-order chi connectivity index (χ0) is 27.7. The smallest absolute Gasteiger partial charge is 0.251 e. The molecule has 10 heteroatoms. The fraction of sp³-hybridized carbons (Fsp3) is 0.179. The van der Waals surface area contributed by atoms with Crippen molar-refractivity contribution in [2.24, 2.45) is 4.99 Å². The molecule has 196 valence electrons. The maximum absolute atomic E-state index is 14.9. The summed E-state index contributed by atoms with van der Waals surface area (Å²) in [5.74, 6) is -6.21. The number of carbonyl (C=O) groups is 2. The van der Waals surface area contributed by atoms with E-state index in [9.17, 15) is 27.2 Å². The molecule has 1 heterocycles. The lowest BCUT2D eigenvalue weighted by Gasteiger charge is -2.34. The number of hydrogen-bond donors (Lipinski definition) is 1. The van der Waals surface area contributed by atoms with Gasteiger partial charge in [0.25, 0.3) is 5.91 Å². The van der Waals surface area contributed by atoms with Crippen LogP contribution < -0.4 is 5.32 Å². The standard InChI is InChI=1S/C28H22ClF4N3O2/c1-14(17-7-5-4-6-8-17)34-28(38)24-15(2)36(16(3)37)27(25-22(32)12-19(31)13-23(25)33)35-26(24)20-10-9-18(30)11-21(20)29/h4-14,26H,1-3H3,(H,34,38)/t14?,26-/m0/s1. The second kappa shape index (κ2) is 10.8. The Bertz CT molecular complexity index is 1470. The number of nitrogens with zero attached hydrogens (tertiary/aromatic N) is 2. The summed E-state index contributed by atoms with van der Waals surface area (Å²) in [7, 11) is 0. The maximum atomic E-state index is 14.9. The number of carbonyl (C=O) groups excluding carboxylic acids is 2. The van der Waals surface area contributed by atoms with E-state index in [1.54, 1.807) is 6.92 Å². The zero-order valence-electron chi connectivity index (χ0n) is 20.5. The van der Waals surface area contributed by atoms with Crippen LogP contribution in [0.2, 0.25) is 5.02 Å². The molecule has 0 saturated heterocycles. The number of allylic oxidation sites excluding steroid dienone is 1. The first kappa shape index (κ1) is 27.1. The van der Waals surface area contributed by atoms with Crippen molar-refractivity contribution in [3.63, 3.8) is 0 Å². The molecule has 38 heavy (non-hydrogen) atoms. The number of halogens is 5. The topological polar surface area (TPSA) is 61.8 Å². The molecule has 4 rings (SSSR count). The van der Waals surface area contributed by atoms with Crippen molar-refractivity contribution >= 4 is 29.3 Å². The van der Waals surface area contributed by atoms with Crippen LogP contribution in [0.3, 0.4) is 0 Å². The van der Waals surface area contributed by atoms with Gasteiger partial charge in [0.05, 0.1) is 17.2 Å². The molecule has 0 aromatic heterocycles. The Morgan fingerprint density at radius 2 is 1.61 bits per heavy atom. The van der Waals surface area contributed by atoms with E-state index in [1.165, 1.54) is 13.0 Å². The first-order chi connectivity index (χ1) is 18.0. The van der Waals surface area contributed by atoms with E-state index in [0.717, 1.165) is 29.5 Å². The monoisotopic (exact) mass is 543 g/mol. The second-order valence-corrected chi connectivity index (χ2v) is 9.13. The first-order valence-corrected chi connectivity index (χ1v) is 11.9. The SMILES string of the molecule is CC(=O)N1C(c2c(F)cc(F)cc2F)=N[C@@H](c2ccc(F)cc2Cl)C(C(=O)NC(C)c2ccccc2)=C1C. The Balaban J connectivity index is 1.91. The van der Waals surface area contributed by atoms with E-state index in [-0.39, 0.29) is 21.9 Å². The van der Waals surface area contributed by atoms with Crippen molar-refractivity contribution in [2.45, 2.75) is 32.9 Å². The first-order valence-electron chi connectivity index (χ1n) is 11.5. The van der Waals surface area contributed by atoms with E-state index in [4.69, 9.17) is 11.6 Å². The number of nitrogens with one attached hydrogen (secondary N) is 1. The Morgan fingerprint density at radius 1 is 0.974 bits per heavy atom. The van der Waals surface area contributed by atoms with Crippen molar-refractivity contribution in [3.05, 3.63) is 117 Å². The van der Waals surface area contributed by atoms with Gasteiger partial charge in [-0.3, -0.25) is 19.5 Å². The zero-order valence-corrected chi connectivity index (χ0v) is 21.3. The number of benzene rings is 3. The van der Waals surface area contributed by atoms with Gasteiger partial charge in [-0.2, -0.15) is 0 Å². The Kier molecular flexibility index (Phi) is 7.68. The predicted molar refractivity (Wildman–Crippen MR) is 135 cm³/mol. The summed E-state index contributed by atoms with van der Waals surface area (Å²) < 4.78 is 57.2. The molecule has 0 radical (unpaired) electrons. The molecule has 1 N–H and O–H groups in total. The van der Waals surface area contributed by atoms with Gasteiger partial charge in [-0.25, -0.2) is 17.6 Å². The Hall–Kier alpha value is -3.98. The van der Waals surface area contributed by atoms with E-state index in [0.29, 0.717) is 12.1 Å². The van der Waals surface area contributed by atoms with Crippen LogP contribution in [0.4, 0.5) is 17.6 Å². The van der Waals surface area contributed by atoms with Gasteiger partial charge in [0.1, 0.15) is 35.1 Å². The molecule has 0 aliphatic carbocycles. The van der Waals surface area contributed by atoms with E-state index < -0.39 is 58.6 Å². The van der Waals surface area contributed by atoms with Crippen LogP contribution in [-0.2, 0) is 9.59 Å². The molecule has 2 amide bonds. The summed E-state index contributed by atoms with van der Waals surface area (Å²) in [6, 6.07) is 11.7. The lowest BCUT2D eigenvalue weighted by atomic mass is 9.93. The highest BCUT2D eigenvalue weighted by Crippen LogP contribution is 2.39. The van der Waals surface area contributed by atoms with Crippen LogP contribution in [0.5, 0.6) is 0 Å². The molecule has 1 aliphatic rings. The number of aliphatic imine (C=N–C) groups is 1. The highest BCUT2D eigenvalue weighted by molar-refractivity contribution is 6.31. The van der Waals surface area contributed by atoms with Gasteiger partial charge in [-0.15, -0.1) is 0 Å². The molecule has 1 unspecified atom stereocenters. The summed E-state index contributed by atoms with van der Waals surface area (Å²) in [5, 5.41) is 2.76. The van der Waals surface area contributed by atoms with Gasteiger partial charge >= 0.3 is 0 Å². The predicted octanol–water partition coefficient (Wildman–Crippen LogP) is 6.40. The highest BCUT2D eigenvalue weighted by atomic mass is 35.5. The van der Waals surface area contributed by atoms with Crippen LogP contribution in [-0.4, -0.2) is 22.5 Å². The van der Waals surface area contributed by atoms with Crippen LogP contribution >= 0.6 is 11.6 Å². The molecule has 3 aromatic carbocycles. The Labute approximate surface area is 221 Å². The van der Waals surface area contributed by atoms with Gasteiger partial charge in [0.2, 0.25) is 5.91 Å². The third kappa shape index (κ3) is 5.19. The van der Waals surface area contributed by atoms with E-state index in [2.05, 4.69) is 10.3 Å². The third-order valence-corrected chi connectivity index (χ3v) is 6.48. The lowest BCUT2D eigenvalue weighted by Crippen LogP contribution is -2.42. The van der Waals surface area contributed by atoms with Crippen molar-refractivity contribution in [3.8, 4) is 0 Å². The maximum Gasteiger partial charge on any atom is 0.251 e. The van der Waals surface area contributed by atoms with Crippen molar-refractivity contribution in [2.75, 3.05) is 0 Å². The fourth-order valence-electron chi connectivity index (χ4n) is 4.38. The molecule has 5 nitrogen and oxygen atoms in total. The normalized spacial score (nSPS) is 16.3. The molecule has 0 fully saturated rings. The fourth-order valence-corrected chi connectivity index (χ4v) is 4.65. The number of amides is 2. The van der Waals surface area contributed by atoms with Gasteiger partial charge in [-0.05, 0) is 31.5 Å². The van der Waals surface area contributed by atoms with E-state index in [1.807, 2.05) is 30.3 Å². The van der Waals surface area contributed by atoms with Crippen LogP contribution in [0, 0.1) is 23.3 Å². The molecule has 1 aliphatic heterocycles. The molecular weight excluding hydrogens is 522 g/mol. The second-order valence-electron chi connectivity index (χ2n) is 8.72. The highest BCUT2D eigenvalue weighted by Gasteiger charge is 2.38. The number of hydrogen-bond acceptors (Lipinski definition) is 3. The Morgan fingerprint density at radius 3 is 2.18 bits per heavy atom. The lowest BCUT2D eigenvalue weighted by molar-refractivity contribution is -0.123. The third-order valence-electron chi connectivity index (χ3n) is 6.16. The van der Waals surface area contributed by atoms with Crippen LogP contribution in [0.25, 0.3) is 0 Å². The molecule has 0 bridgehead atoms.